The van der Waals surface area contributed by atoms with Gasteiger partial charge in [0.1, 0.15) is 12.4 Å². The van der Waals surface area contributed by atoms with Crippen LogP contribution in [-0.2, 0) is 6.54 Å². The Hall–Kier alpha value is -1.60. The van der Waals surface area contributed by atoms with Crippen LogP contribution in [-0.4, -0.2) is 21.3 Å². The topological polar surface area (TPSA) is 70.2 Å². The normalized spacial score (nSPS) is 10.4. The molecule has 6 nitrogen and oxygen atoms in total. The number of rotatable bonds is 5. The van der Waals surface area contributed by atoms with Crippen LogP contribution >= 0.6 is 27.5 Å². The Morgan fingerprint density at radius 3 is 2.95 bits per heavy atom. The molecule has 0 N–H and O–H groups in total. The van der Waals surface area contributed by atoms with Gasteiger partial charge in [-0.05, 0) is 23.1 Å². The summed E-state index contributed by atoms with van der Waals surface area (Å²) < 4.78 is 7.80. The lowest BCUT2D eigenvalue weighted by Gasteiger charge is -2.04. The summed E-state index contributed by atoms with van der Waals surface area (Å²) in [6.07, 6.45) is 1.41. The van der Waals surface area contributed by atoms with E-state index in [1.165, 1.54) is 10.9 Å². The zero-order valence-corrected chi connectivity index (χ0v) is 12.0. The monoisotopic (exact) mass is 345 g/mol. The molecule has 0 radical (unpaired) electrons. The quantitative estimate of drug-likeness (QED) is 0.615. The molecule has 1 heterocycles. The van der Waals surface area contributed by atoms with Crippen LogP contribution in [0.5, 0.6) is 5.75 Å². The van der Waals surface area contributed by atoms with Gasteiger partial charge in [-0.3, -0.25) is 0 Å². The Labute approximate surface area is 122 Å². The molecular weight excluding hydrogens is 337 g/mol. The van der Waals surface area contributed by atoms with Crippen LogP contribution in [0.2, 0.25) is 5.02 Å². The maximum Gasteiger partial charge on any atom is 0.408 e. The Bertz CT molecular complexity index is 603. The van der Waals surface area contributed by atoms with Crippen molar-refractivity contribution in [3.8, 4) is 5.75 Å². The molecule has 19 heavy (non-hydrogen) atoms. The van der Waals surface area contributed by atoms with E-state index in [1.54, 1.807) is 0 Å². The van der Waals surface area contributed by atoms with E-state index in [1.807, 2.05) is 24.3 Å². The first-order valence-electron chi connectivity index (χ1n) is 5.32. The van der Waals surface area contributed by atoms with Crippen molar-refractivity contribution in [1.82, 2.24) is 9.78 Å². The molecule has 100 valence electrons. The first-order valence-corrected chi connectivity index (χ1v) is 6.49. The van der Waals surface area contributed by atoms with E-state index in [2.05, 4.69) is 21.0 Å². The third kappa shape index (κ3) is 3.68. The van der Waals surface area contributed by atoms with Gasteiger partial charge in [0.25, 0.3) is 0 Å². The van der Waals surface area contributed by atoms with Gasteiger partial charge in [-0.1, -0.05) is 33.6 Å². The number of ether oxygens (including phenoxy) is 1. The summed E-state index contributed by atoms with van der Waals surface area (Å²) in [5.41, 5.74) is 0. The van der Waals surface area contributed by atoms with Crippen molar-refractivity contribution in [3.63, 3.8) is 0 Å². The fraction of sp³-hybridized carbons (Fsp3) is 0.182. The predicted octanol–water partition coefficient (Wildman–Crippen LogP) is 3.29. The van der Waals surface area contributed by atoms with Crippen LogP contribution in [0, 0.1) is 10.1 Å². The number of nitro groups is 1. The summed E-state index contributed by atoms with van der Waals surface area (Å²) in [5.74, 6) is 0.367. The van der Waals surface area contributed by atoms with Gasteiger partial charge in [-0.2, -0.15) is 4.68 Å². The zero-order chi connectivity index (χ0) is 13.8. The molecule has 0 saturated heterocycles. The molecule has 2 aromatic rings. The molecular formula is C11H9BrClN3O3. The fourth-order valence-electron chi connectivity index (χ4n) is 1.44. The molecule has 8 heteroatoms. The van der Waals surface area contributed by atoms with Crippen LogP contribution < -0.4 is 4.74 Å². The minimum absolute atomic E-state index is 0.0208. The van der Waals surface area contributed by atoms with Gasteiger partial charge in [0.05, 0.1) is 17.8 Å². The molecule has 0 amide bonds. The van der Waals surface area contributed by atoms with Crippen LogP contribution in [0.25, 0.3) is 0 Å². The molecule has 0 bridgehead atoms. The van der Waals surface area contributed by atoms with Crippen molar-refractivity contribution in [2.24, 2.45) is 0 Å². The molecule has 0 atom stereocenters. The van der Waals surface area contributed by atoms with E-state index < -0.39 is 4.92 Å². The molecule has 0 aliphatic carbocycles. The van der Waals surface area contributed by atoms with E-state index >= 15 is 0 Å². The SMILES string of the molecule is O=[N+]([O-])c1nn(CCOc2cccc(Br)c2)cc1Cl. The van der Waals surface area contributed by atoms with Crippen LogP contribution in [0.3, 0.4) is 0 Å². The maximum absolute atomic E-state index is 10.6. The standard InChI is InChI=1S/C11H9BrClN3O3/c12-8-2-1-3-9(6-8)19-5-4-15-7-10(13)11(14-15)16(17)18/h1-3,6-7H,4-5H2. The van der Waals surface area contributed by atoms with Crippen molar-refractivity contribution in [2.45, 2.75) is 6.54 Å². The van der Waals surface area contributed by atoms with Crippen LogP contribution in [0.1, 0.15) is 0 Å². The summed E-state index contributed by atoms with van der Waals surface area (Å²) in [7, 11) is 0. The third-order valence-corrected chi connectivity index (χ3v) is 3.02. The van der Waals surface area contributed by atoms with Crippen molar-refractivity contribution in [1.29, 1.82) is 0 Å². The average Bonchev–Trinajstić information content (AvgIpc) is 2.71. The first-order chi connectivity index (χ1) is 9.06. The van der Waals surface area contributed by atoms with Gasteiger partial charge in [0, 0.05) is 4.47 Å². The summed E-state index contributed by atoms with van der Waals surface area (Å²) in [5, 5.41) is 14.4. The van der Waals surface area contributed by atoms with Crippen molar-refractivity contribution >= 4 is 33.3 Å². The van der Waals surface area contributed by atoms with Crippen LogP contribution in [0.4, 0.5) is 5.82 Å². The van der Waals surface area contributed by atoms with Gasteiger partial charge >= 0.3 is 5.82 Å². The average molecular weight is 347 g/mol. The highest BCUT2D eigenvalue weighted by Crippen LogP contribution is 2.21. The second-order valence-electron chi connectivity index (χ2n) is 3.63. The van der Waals surface area contributed by atoms with Gasteiger partial charge in [0.2, 0.25) is 0 Å². The molecule has 0 aliphatic heterocycles. The van der Waals surface area contributed by atoms with E-state index in [-0.39, 0.29) is 10.8 Å². The number of benzene rings is 1. The Morgan fingerprint density at radius 2 is 2.32 bits per heavy atom. The molecule has 1 aromatic carbocycles. The smallest absolute Gasteiger partial charge is 0.408 e. The molecule has 0 spiro atoms. The highest BCUT2D eigenvalue weighted by molar-refractivity contribution is 9.10. The van der Waals surface area contributed by atoms with E-state index in [0.717, 1.165) is 4.47 Å². The predicted molar refractivity (Wildman–Crippen MR) is 73.5 cm³/mol. The first kappa shape index (κ1) is 13.8. The number of hydrogen-bond donors (Lipinski definition) is 0. The molecule has 0 unspecified atom stereocenters. The molecule has 0 saturated carbocycles. The maximum atomic E-state index is 10.6. The van der Waals surface area contributed by atoms with E-state index in [9.17, 15) is 10.1 Å². The zero-order valence-electron chi connectivity index (χ0n) is 9.62. The van der Waals surface area contributed by atoms with E-state index in [4.69, 9.17) is 16.3 Å². The van der Waals surface area contributed by atoms with Gasteiger partial charge in [0.15, 0.2) is 5.02 Å². The summed E-state index contributed by atoms with van der Waals surface area (Å²) in [6.45, 7) is 0.714. The van der Waals surface area contributed by atoms with E-state index in [0.29, 0.717) is 18.9 Å². The number of hydrogen-bond acceptors (Lipinski definition) is 4. The van der Waals surface area contributed by atoms with Gasteiger partial charge < -0.3 is 14.9 Å². The fourth-order valence-corrected chi connectivity index (χ4v) is 2.04. The Morgan fingerprint density at radius 1 is 1.53 bits per heavy atom. The molecule has 0 fully saturated rings. The minimum Gasteiger partial charge on any atom is -0.492 e. The lowest BCUT2D eigenvalue weighted by Crippen LogP contribution is -2.08. The Kier molecular flexibility index (Phi) is 4.39. The van der Waals surface area contributed by atoms with Crippen molar-refractivity contribution < 1.29 is 9.66 Å². The second-order valence-corrected chi connectivity index (χ2v) is 4.95. The summed E-state index contributed by atoms with van der Waals surface area (Å²) in [4.78, 5) is 9.96. The van der Waals surface area contributed by atoms with Crippen molar-refractivity contribution in [3.05, 3.63) is 50.1 Å². The number of nitrogens with zero attached hydrogens (tertiary/aromatic N) is 3. The Balaban J connectivity index is 1.92. The highest BCUT2D eigenvalue weighted by atomic mass is 79.9. The summed E-state index contributed by atoms with van der Waals surface area (Å²) >= 11 is 9.02. The molecule has 2 rings (SSSR count). The minimum atomic E-state index is -0.617. The molecule has 1 aromatic heterocycles. The highest BCUT2D eigenvalue weighted by Gasteiger charge is 2.18. The number of halogens is 2. The van der Waals surface area contributed by atoms with Gasteiger partial charge in [-0.25, -0.2) is 0 Å². The van der Waals surface area contributed by atoms with Gasteiger partial charge in [-0.15, -0.1) is 0 Å². The van der Waals surface area contributed by atoms with Crippen LogP contribution in [0.15, 0.2) is 34.9 Å². The number of aromatic nitrogens is 2. The lowest BCUT2D eigenvalue weighted by atomic mass is 10.3. The third-order valence-electron chi connectivity index (χ3n) is 2.26. The largest absolute Gasteiger partial charge is 0.492 e. The summed E-state index contributed by atoms with van der Waals surface area (Å²) in [6, 6.07) is 7.40. The lowest BCUT2D eigenvalue weighted by molar-refractivity contribution is -0.389. The molecule has 0 aliphatic rings. The van der Waals surface area contributed by atoms with Crippen molar-refractivity contribution in [2.75, 3.05) is 6.61 Å². The second kappa shape index (κ2) is 6.03.